The number of thioether (sulfide) groups is 1. The molecule has 0 aliphatic carbocycles. The predicted molar refractivity (Wildman–Crippen MR) is 44.4 cm³/mol. The summed E-state index contributed by atoms with van der Waals surface area (Å²) in [7, 11) is 0. The first-order chi connectivity index (χ1) is 4.77. The molecule has 0 aliphatic rings. The maximum absolute atomic E-state index is 10.2. The Labute approximate surface area is 70.3 Å². The molecule has 0 saturated carbocycles. The standard InChI is InChI=1S/C6H11ClO2S/c1-6(8)9-3-2-4-10-5-7/h2-5H2,1H3. The number of alkyl halides is 1. The summed E-state index contributed by atoms with van der Waals surface area (Å²) in [5, 5.41) is 0.611. The largest absolute Gasteiger partial charge is 0.466 e. The van der Waals surface area contributed by atoms with Crippen molar-refractivity contribution in [1.29, 1.82) is 0 Å². The fourth-order valence-corrected chi connectivity index (χ4v) is 1.19. The van der Waals surface area contributed by atoms with Gasteiger partial charge in [-0.3, -0.25) is 4.79 Å². The first kappa shape index (κ1) is 10.1. The van der Waals surface area contributed by atoms with Gasteiger partial charge >= 0.3 is 5.97 Å². The van der Waals surface area contributed by atoms with E-state index in [0.29, 0.717) is 11.8 Å². The van der Waals surface area contributed by atoms with Crippen molar-refractivity contribution in [3.8, 4) is 0 Å². The first-order valence-corrected chi connectivity index (χ1v) is 4.73. The zero-order chi connectivity index (χ0) is 7.82. The molecule has 0 aromatic heterocycles. The van der Waals surface area contributed by atoms with Crippen LogP contribution in [0.15, 0.2) is 0 Å². The van der Waals surface area contributed by atoms with E-state index in [-0.39, 0.29) is 5.97 Å². The van der Waals surface area contributed by atoms with E-state index in [9.17, 15) is 4.79 Å². The highest BCUT2D eigenvalue weighted by molar-refractivity contribution is 8.00. The van der Waals surface area contributed by atoms with E-state index < -0.39 is 0 Å². The molecule has 0 aromatic carbocycles. The van der Waals surface area contributed by atoms with Crippen LogP contribution in [-0.4, -0.2) is 23.5 Å². The summed E-state index contributed by atoms with van der Waals surface area (Å²) < 4.78 is 4.69. The average molecular weight is 183 g/mol. The van der Waals surface area contributed by atoms with Gasteiger partial charge in [0.1, 0.15) is 0 Å². The molecule has 0 atom stereocenters. The molecular weight excluding hydrogens is 172 g/mol. The summed E-state index contributed by atoms with van der Waals surface area (Å²) in [4.78, 5) is 10.2. The Morgan fingerprint density at radius 1 is 1.70 bits per heavy atom. The molecule has 0 aromatic rings. The molecule has 10 heavy (non-hydrogen) atoms. The maximum atomic E-state index is 10.2. The van der Waals surface area contributed by atoms with Crippen molar-refractivity contribution in [2.45, 2.75) is 13.3 Å². The summed E-state index contributed by atoms with van der Waals surface area (Å²) in [6.45, 7) is 1.92. The fraction of sp³-hybridized carbons (Fsp3) is 0.833. The molecule has 0 fully saturated rings. The molecule has 0 aliphatic heterocycles. The van der Waals surface area contributed by atoms with Gasteiger partial charge in [0.05, 0.1) is 11.8 Å². The molecule has 0 radical (unpaired) electrons. The SMILES string of the molecule is CC(=O)OCCCSCCl. The van der Waals surface area contributed by atoms with Gasteiger partial charge in [0.2, 0.25) is 0 Å². The number of ether oxygens (including phenoxy) is 1. The van der Waals surface area contributed by atoms with Crippen molar-refractivity contribution in [3.63, 3.8) is 0 Å². The van der Waals surface area contributed by atoms with Crippen molar-refractivity contribution < 1.29 is 9.53 Å². The zero-order valence-corrected chi connectivity index (χ0v) is 7.50. The fourth-order valence-electron chi connectivity index (χ4n) is 0.431. The second-order valence-electron chi connectivity index (χ2n) is 1.71. The minimum atomic E-state index is -0.212. The van der Waals surface area contributed by atoms with Crippen LogP contribution >= 0.6 is 23.4 Å². The molecule has 60 valence electrons. The molecular formula is C6H11ClO2S. The van der Waals surface area contributed by atoms with E-state index in [2.05, 4.69) is 0 Å². The van der Waals surface area contributed by atoms with Gasteiger partial charge in [-0.25, -0.2) is 0 Å². The van der Waals surface area contributed by atoms with Crippen molar-refractivity contribution in [1.82, 2.24) is 0 Å². The lowest BCUT2D eigenvalue weighted by Gasteiger charge is -1.99. The first-order valence-electron chi connectivity index (χ1n) is 3.04. The van der Waals surface area contributed by atoms with E-state index in [1.807, 2.05) is 0 Å². The third-order valence-corrected chi connectivity index (χ3v) is 2.01. The number of halogens is 1. The Hall–Kier alpha value is 0.110. The van der Waals surface area contributed by atoms with Crippen molar-refractivity contribution >= 4 is 29.3 Å². The minimum absolute atomic E-state index is 0.212. The van der Waals surface area contributed by atoms with E-state index in [1.54, 1.807) is 11.8 Å². The molecule has 2 nitrogen and oxygen atoms in total. The summed E-state index contributed by atoms with van der Waals surface area (Å²) in [5.74, 6) is 0.743. The summed E-state index contributed by atoms with van der Waals surface area (Å²) in [6, 6.07) is 0. The smallest absolute Gasteiger partial charge is 0.302 e. The lowest BCUT2D eigenvalue weighted by Crippen LogP contribution is -2.00. The molecule has 0 spiro atoms. The highest BCUT2D eigenvalue weighted by atomic mass is 35.5. The van der Waals surface area contributed by atoms with Gasteiger partial charge in [-0.15, -0.1) is 23.4 Å². The Bertz CT molecular complexity index is 97.7. The zero-order valence-electron chi connectivity index (χ0n) is 5.93. The van der Waals surface area contributed by atoms with Gasteiger partial charge in [0.25, 0.3) is 0 Å². The number of carbonyl (C=O) groups excluding carboxylic acids is 1. The van der Waals surface area contributed by atoms with Crippen LogP contribution < -0.4 is 0 Å². The third kappa shape index (κ3) is 8.11. The number of rotatable bonds is 5. The Morgan fingerprint density at radius 2 is 2.40 bits per heavy atom. The van der Waals surface area contributed by atoms with Crippen LogP contribution in [0, 0.1) is 0 Å². The Morgan fingerprint density at radius 3 is 2.90 bits per heavy atom. The van der Waals surface area contributed by atoms with Gasteiger partial charge in [-0.1, -0.05) is 0 Å². The predicted octanol–water partition coefficient (Wildman–Crippen LogP) is 1.87. The van der Waals surface area contributed by atoms with Crippen LogP contribution in [0.3, 0.4) is 0 Å². The topological polar surface area (TPSA) is 26.3 Å². The van der Waals surface area contributed by atoms with Gasteiger partial charge in [-0.2, -0.15) is 0 Å². The molecule has 0 N–H and O–H groups in total. The second-order valence-corrected chi connectivity index (χ2v) is 3.40. The van der Waals surface area contributed by atoms with Gasteiger partial charge in [0.15, 0.2) is 0 Å². The molecule has 0 bridgehead atoms. The number of hydrogen-bond acceptors (Lipinski definition) is 3. The number of carbonyl (C=O) groups is 1. The second kappa shape index (κ2) is 7.22. The van der Waals surface area contributed by atoms with E-state index in [0.717, 1.165) is 12.2 Å². The Kier molecular flexibility index (Phi) is 7.30. The summed E-state index contributed by atoms with van der Waals surface area (Å²) in [5.41, 5.74) is 0. The van der Waals surface area contributed by atoms with Gasteiger partial charge in [-0.05, 0) is 12.2 Å². The van der Waals surface area contributed by atoms with Crippen molar-refractivity contribution in [2.75, 3.05) is 17.6 Å². The molecule has 0 unspecified atom stereocenters. The van der Waals surface area contributed by atoms with Gasteiger partial charge in [0, 0.05) is 6.92 Å². The average Bonchev–Trinajstić information content (AvgIpc) is 1.87. The monoisotopic (exact) mass is 182 g/mol. The van der Waals surface area contributed by atoms with E-state index in [4.69, 9.17) is 16.3 Å². The van der Waals surface area contributed by atoms with Crippen molar-refractivity contribution in [2.24, 2.45) is 0 Å². The van der Waals surface area contributed by atoms with Crippen LogP contribution in [-0.2, 0) is 9.53 Å². The normalized spacial score (nSPS) is 9.40. The highest BCUT2D eigenvalue weighted by Crippen LogP contribution is 2.03. The van der Waals surface area contributed by atoms with E-state index >= 15 is 0 Å². The van der Waals surface area contributed by atoms with Crippen LogP contribution in [0.1, 0.15) is 13.3 Å². The van der Waals surface area contributed by atoms with Crippen LogP contribution in [0.25, 0.3) is 0 Å². The lowest BCUT2D eigenvalue weighted by molar-refractivity contribution is -0.140. The van der Waals surface area contributed by atoms with Crippen LogP contribution in [0.5, 0.6) is 0 Å². The maximum Gasteiger partial charge on any atom is 0.302 e. The summed E-state index contributed by atoms with van der Waals surface area (Å²) in [6.07, 6.45) is 0.886. The molecule has 4 heteroatoms. The van der Waals surface area contributed by atoms with Crippen LogP contribution in [0.2, 0.25) is 0 Å². The Balaban J connectivity index is 2.84. The number of hydrogen-bond donors (Lipinski definition) is 0. The quantitative estimate of drug-likeness (QED) is 0.369. The van der Waals surface area contributed by atoms with Gasteiger partial charge < -0.3 is 4.74 Å². The summed E-state index contributed by atoms with van der Waals surface area (Å²) >= 11 is 7.03. The van der Waals surface area contributed by atoms with Crippen LogP contribution in [0.4, 0.5) is 0 Å². The lowest BCUT2D eigenvalue weighted by atomic mass is 10.5. The van der Waals surface area contributed by atoms with E-state index in [1.165, 1.54) is 6.92 Å². The number of esters is 1. The third-order valence-electron chi connectivity index (χ3n) is 0.815. The van der Waals surface area contributed by atoms with Crippen molar-refractivity contribution in [3.05, 3.63) is 0 Å². The minimum Gasteiger partial charge on any atom is -0.466 e. The molecule has 0 saturated heterocycles. The molecule has 0 heterocycles. The molecule has 0 rings (SSSR count). The molecule has 0 amide bonds. The highest BCUT2D eigenvalue weighted by Gasteiger charge is 1.91.